The SMILES string of the molecule is O=C(Nc1ccc(Br)cc1F)c1ccccc1OCc1ccccc1. The van der Waals surface area contributed by atoms with Crippen LogP contribution in [-0.2, 0) is 6.61 Å². The molecule has 5 heteroatoms. The maximum absolute atomic E-state index is 13.9. The maximum Gasteiger partial charge on any atom is 0.259 e. The van der Waals surface area contributed by atoms with Gasteiger partial charge in [0.15, 0.2) is 0 Å². The molecule has 0 heterocycles. The lowest BCUT2D eigenvalue weighted by atomic mass is 10.1. The van der Waals surface area contributed by atoms with Crippen molar-refractivity contribution >= 4 is 27.5 Å². The van der Waals surface area contributed by atoms with Crippen molar-refractivity contribution in [2.75, 3.05) is 5.32 Å². The molecule has 0 bridgehead atoms. The lowest BCUT2D eigenvalue weighted by Gasteiger charge is -2.12. The van der Waals surface area contributed by atoms with Gasteiger partial charge in [-0.15, -0.1) is 0 Å². The summed E-state index contributed by atoms with van der Waals surface area (Å²) in [7, 11) is 0. The van der Waals surface area contributed by atoms with Crippen LogP contribution < -0.4 is 10.1 Å². The van der Waals surface area contributed by atoms with Crippen LogP contribution in [0.3, 0.4) is 0 Å². The molecule has 0 saturated heterocycles. The zero-order valence-electron chi connectivity index (χ0n) is 13.2. The Kier molecular flexibility index (Phi) is 5.46. The Balaban J connectivity index is 1.76. The summed E-state index contributed by atoms with van der Waals surface area (Å²) >= 11 is 3.19. The second-order valence-corrected chi connectivity index (χ2v) is 6.26. The van der Waals surface area contributed by atoms with Crippen molar-refractivity contribution in [1.29, 1.82) is 0 Å². The van der Waals surface area contributed by atoms with E-state index < -0.39 is 11.7 Å². The molecule has 3 nitrogen and oxygen atoms in total. The number of carbonyl (C=O) groups is 1. The summed E-state index contributed by atoms with van der Waals surface area (Å²) in [6.45, 7) is 0.345. The molecule has 0 unspecified atom stereocenters. The van der Waals surface area contributed by atoms with Gasteiger partial charge in [-0.1, -0.05) is 58.4 Å². The zero-order chi connectivity index (χ0) is 17.6. The monoisotopic (exact) mass is 399 g/mol. The van der Waals surface area contributed by atoms with Crippen molar-refractivity contribution in [1.82, 2.24) is 0 Å². The molecule has 0 atom stereocenters. The highest BCUT2D eigenvalue weighted by atomic mass is 79.9. The Morgan fingerprint density at radius 2 is 1.72 bits per heavy atom. The summed E-state index contributed by atoms with van der Waals surface area (Å²) in [6.07, 6.45) is 0. The number of amides is 1. The fraction of sp³-hybridized carbons (Fsp3) is 0.0500. The molecule has 0 spiro atoms. The van der Waals surface area contributed by atoms with Gasteiger partial charge in [0.05, 0.1) is 11.3 Å². The molecule has 1 amide bonds. The van der Waals surface area contributed by atoms with Gasteiger partial charge in [0.2, 0.25) is 0 Å². The van der Waals surface area contributed by atoms with Crippen LogP contribution in [0.4, 0.5) is 10.1 Å². The van der Waals surface area contributed by atoms with Crippen molar-refractivity contribution in [3.05, 3.63) is 94.2 Å². The summed E-state index contributed by atoms with van der Waals surface area (Å²) in [4.78, 5) is 12.5. The number of ether oxygens (including phenoxy) is 1. The van der Waals surface area contributed by atoms with Crippen molar-refractivity contribution in [2.45, 2.75) is 6.61 Å². The minimum atomic E-state index is -0.509. The number of carbonyl (C=O) groups excluding carboxylic acids is 1. The van der Waals surface area contributed by atoms with E-state index in [1.807, 2.05) is 30.3 Å². The van der Waals surface area contributed by atoms with Crippen LogP contribution in [0.2, 0.25) is 0 Å². The molecule has 3 aromatic rings. The maximum atomic E-state index is 13.9. The lowest BCUT2D eigenvalue weighted by molar-refractivity contribution is 0.102. The van der Waals surface area contributed by atoms with E-state index >= 15 is 0 Å². The van der Waals surface area contributed by atoms with Crippen LogP contribution in [0, 0.1) is 5.82 Å². The molecular weight excluding hydrogens is 385 g/mol. The summed E-state index contributed by atoms with van der Waals surface area (Å²) in [5.41, 5.74) is 1.46. The van der Waals surface area contributed by atoms with E-state index in [0.717, 1.165) is 5.56 Å². The molecule has 3 rings (SSSR count). The molecule has 0 fully saturated rings. The number of para-hydroxylation sites is 1. The first-order chi connectivity index (χ1) is 12.1. The Bertz CT molecular complexity index is 884. The van der Waals surface area contributed by atoms with Crippen LogP contribution >= 0.6 is 15.9 Å². The average Bonchev–Trinajstić information content (AvgIpc) is 2.63. The number of hydrogen-bond donors (Lipinski definition) is 1. The van der Waals surface area contributed by atoms with Gasteiger partial charge in [-0.2, -0.15) is 0 Å². The Morgan fingerprint density at radius 3 is 2.48 bits per heavy atom. The number of halogens is 2. The van der Waals surface area contributed by atoms with Crippen LogP contribution in [0.1, 0.15) is 15.9 Å². The predicted octanol–water partition coefficient (Wildman–Crippen LogP) is 5.42. The third kappa shape index (κ3) is 4.45. The first-order valence-electron chi connectivity index (χ1n) is 7.65. The van der Waals surface area contributed by atoms with Crippen LogP contribution in [0.15, 0.2) is 77.3 Å². The fourth-order valence-corrected chi connectivity index (χ4v) is 2.63. The second kappa shape index (κ2) is 7.94. The van der Waals surface area contributed by atoms with E-state index in [1.54, 1.807) is 30.3 Å². The van der Waals surface area contributed by atoms with E-state index in [9.17, 15) is 9.18 Å². The van der Waals surface area contributed by atoms with Gasteiger partial charge in [-0.25, -0.2) is 4.39 Å². The molecule has 3 aromatic carbocycles. The summed E-state index contributed by atoms with van der Waals surface area (Å²) in [5, 5.41) is 2.58. The van der Waals surface area contributed by atoms with Gasteiger partial charge in [0.25, 0.3) is 5.91 Å². The second-order valence-electron chi connectivity index (χ2n) is 5.35. The number of nitrogens with one attached hydrogen (secondary N) is 1. The van der Waals surface area contributed by atoms with Crippen LogP contribution in [0.25, 0.3) is 0 Å². The van der Waals surface area contributed by atoms with Crippen LogP contribution in [0.5, 0.6) is 5.75 Å². The first-order valence-corrected chi connectivity index (χ1v) is 8.45. The quantitative estimate of drug-likeness (QED) is 0.621. The third-order valence-corrected chi connectivity index (χ3v) is 4.04. The molecule has 25 heavy (non-hydrogen) atoms. The number of benzene rings is 3. The molecular formula is C20H15BrFNO2. The van der Waals surface area contributed by atoms with Crippen LogP contribution in [-0.4, -0.2) is 5.91 Å². The molecule has 1 N–H and O–H groups in total. The molecule has 0 aliphatic carbocycles. The van der Waals surface area contributed by atoms with E-state index in [2.05, 4.69) is 21.2 Å². The molecule has 0 aromatic heterocycles. The van der Waals surface area contributed by atoms with Gasteiger partial charge in [-0.3, -0.25) is 4.79 Å². The van der Waals surface area contributed by atoms with Gasteiger partial charge < -0.3 is 10.1 Å². The Hall–Kier alpha value is -2.66. The van der Waals surface area contributed by atoms with E-state index in [-0.39, 0.29) is 5.69 Å². The van der Waals surface area contributed by atoms with Gasteiger partial charge in [0, 0.05) is 4.47 Å². The van der Waals surface area contributed by atoms with Crippen molar-refractivity contribution in [2.24, 2.45) is 0 Å². The van der Waals surface area contributed by atoms with Gasteiger partial charge >= 0.3 is 0 Å². The van der Waals surface area contributed by atoms with Crippen molar-refractivity contribution in [3.63, 3.8) is 0 Å². The van der Waals surface area contributed by atoms with Crippen molar-refractivity contribution in [3.8, 4) is 5.75 Å². The predicted molar refractivity (Wildman–Crippen MR) is 99.3 cm³/mol. The minimum Gasteiger partial charge on any atom is -0.488 e. The number of anilines is 1. The molecule has 0 aliphatic heterocycles. The Labute approximate surface area is 153 Å². The highest BCUT2D eigenvalue weighted by molar-refractivity contribution is 9.10. The smallest absolute Gasteiger partial charge is 0.259 e. The lowest BCUT2D eigenvalue weighted by Crippen LogP contribution is -2.14. The number of rotatable bonds is 5. The average molecular weight is 400 g/mol. The minimum absolute atomic E-state index is 0.117. The third-order valence-electron chi connectivity index (χ3n) is 3.55. The summed E-state index contributed by atoms with van der Waals surface area (Å²) in [5.74, 6) is -0.489. The normalized spacial score (nSPS) is 10.3. The van der Waals surface area contributed by atoms with E-state index in [4.69, 9.17) is 4.74 Å². The molecule has 0 radical (unpaired) electrons. The zero-order valence-corrected chi connectivity index (χ0v) is 14.8. The standard InChI is InChI=1S/C20H15BrFNO2/c21-15-10-11-18(17(22)12-15)23-20(24)16-8-4-5-9-19(16)25-13-14-6-2-1-3-7-14/h1-12H,13H2,(H,23,24). The van der Waals surface area contributed by atoms with Gasteiger partial charge in [0.1, 0.15) is 18.2 Å². The molecule has 0 aliphatic rings. The Morgan fingerprint density at radius 1 is 1.00 bits per heavy atom. The largest absolute Gasteiger partial charge is 0.488 e. The fourth-order valence-electron chi connectivity index (χ4n) is 2.30. The summed E-state index contributed by atoms with van der Waals surface area (Å²) < 4.78 is 20.3. The van der Waals surface area contributed by atoms with E-state index in [1.165, 1.54) is 12.1 Å². The molecule has 126 valence electrons. The highest BCUT2D eigenvalue weighted by Crippen LogP contribution is 2.23. The topological polar surface area (TPSA) is 38.3 Å². The van der Waals surface area contributed by atoms with Gasteiger partial charge in [-0.05, 0) is 35.9 Å². The van der Waals surface area contributed by atoms with E-state index in [0.29, 0.717) is 22.4 Å². The van der Waals surface area contributed by atoms with Crippen molar-refractivity contribution < 1.29 is 13.9 Å². The summed E-state index contributed by atoms with van der Waals surface area (Å²) in [6, 6.07) is 21.0. The number of hydrogen-bond acceptors (Lipinski definition) is 2. The highest BCUT2D eigenvalue weighted by Gasteiger charge is 2.14. The molecule has 0 saturated carbocycles. The first kappa shape index (κ1) is 17.2.